The summed E-state index contributed by atoms with van der Waals surface area (Å²) in [5, 5.41) is 15.2. The average molecular weight is 602 g/mol. The van der Waals surface area contributed by atoms with Gasteiger partial charge in [0.05, 0.1) is 32.0 Å². The second-order valence-corrected chi connectivity index (χ2v) is 11.8. The molecule has 3 N–H and O–H groups in total. The standard InChI is InChI=1S/C35H43N3O6/c1-2-36-34(40)37-22-26-5-3-6-28(19-26)29-7-4-8-30(20-29)33-43-31(21-32(44-33)27-11-9-25(24-39)10-12-27)23-38-15-13-35(14-16-38)41-17-18-42-35/h3-12,19-20,31-33,39H,2,13-18,21-24H2,1H3,(H2,36,37,40)/t31-,32+,33+/m0/s1. The molecule has 234 valence electrons. The minimum atomic E-state index is -0.531. The van der Waals surface area contributed by atoms with Gasteiger partial charge in [0.15, 0.2) is 12.1 Å². The van der Waals surface area contributed by atoms with Crippen LogP contribution in [0.25, 0.3) is 11.1 Å². The summed E-state index contributed by atoms with van der Waals surface area (Å²) in [7, 11) is 0. The van der Waals surface area contributed by atoms with Gasteiger partial charge in [-0.1, -0.05) is 60.7 Å². The van der Waals surface area contributed by atoms with Crippen LogP contribution in [0.15, 0.2) is 72.8 Å². The first-order valence-electron chi connectivity index (χ1n) is 15.7. The molecular weight excluding hydrogens is 558 g/mol. The van der Waals surface area contributed by atoms with Crippen molar-refractivity contribution >= 4 is 6.03 Å². The van der Waals surface area contributed by atoms with E-state index in [2.05, 4.69) is 45.9 Å². The van der Waals surface area contributed by atoms with Crippen molar-refractivity contribution in [2.24, 2.45) is 0 Å². The lowest BCUT2D eigenvalue weighted by atomic mass is 9.97. The molecular formula is C35H43N3O6. The summed E-state index contributed by atoms with van der Waals surface area (Å²) < 4.78 is 25.2. The van der Waals surface area contributed by atoms with Crippen LogP contribution in [0.2, 0.25) is 0 Å². The molecule has 3 aromatic carbocycles. The Hall–Kier alpha value is -3.31. The van der Waals surface area contributed by atoms with Gasteiger partial charge in [0.1, 0.15) is 0 Å². The van der Waals surface area contributed by atoms with Gasteiger partial charge >= 0.3 is 6.03 Å². The van der Waals surface area contributed by atoms with Crippen molar-refractivity contribution in [1.82, 2.24) is 15.5 Å². The fraction of sp³-hybridized carbons (Fsp3) is 0.457. The van der Waals surface area contributed by atoms with Gasteiger partial charge in [-0.25, -0.2) is 4.79 Å². The number of aliphatic hydroxyl groups excluding tert-OH is 1. The normalized spacial score (nSPS) is 23.5. The Morgan fingerprint density at radius 1 is 0.886 bits per heavy atom. The van der Waals surface area contributed by atoms with Crippen molar-refractivity contribution < 1.29 is 28.8 Å². The van der Waals surface area contributed by atoms with Crippen LogP contribution >= 0.6 is 0 Å². The number of urea groups is 1. The highest BCUT2D eigenvalue weighted by molar-refractivity contribution is 5.74. The molecule has 3 aliphatic heterocycles. The summed E-state index contributed by atoms with van der Waals surface area (Å²) in [6.45, 7) is 6.92. The molecule has 0 unspecified atom stereocenters. The predicted molar refractivity (Wildman–Crippen MR) is 167 cm³/mol. The number of piperidine rings is 1. The number of rotatable bonds is 9. The fourth-order valence-corrected chi connectivity index (χ4v) is 6.31. The Kier molecular flexibility index (Phi) is 9.91. The third-order valence-electron chi connectivity index (χ3n) is 8.72. The first-order valence-corrected chi connectivity index (χ1v) is 15.7. The molecule has 6 rings (SSSR count). The van der Waals surface area contributed by atoms with Crippen LogP contribution in [0.1, 0.15) is 60.8 Å². The van der Waals surface area contributed by atoms with Crippen molar-refractivity contribution in [1.29, 1.82) is 0 Å². The number of carbonyl (C=O) groups is 1. The number of carbonyl (C=O) groups excluding carboxylic acids is 1. The Labute approximate surface area is 259 Å². The minimum Gasteiger partial charge on any atom is -0.392 e. The molecule has 3 saturated heterocycles. The molecule has 3 fully saturated rings. The van der Waals surface area contributed by atoms with Crippen LogP contribution in [0.4, 0.5) is 4.79 Å². The summed E-state index contributed by atoms with van der Waals surface area (Å²) in [6, 6.07) is 24.3. The van der Waals surface area contributed by atoms with E-state index in [-0.39, 0.29) is 24.8 Å². The first kappa shape index (κ1) is 30.7. The maximum Gasteiger partial charge on any atom is 0.315 e. The van der Waals surface area contributed by atoms with Crippen LogP contribution in [-0.4, -0.2) is 67.3 Å². The predicted octanol–water partition coefficient (Wildman–Crippen LogP) is 5.05. The van der Waals surface area contributed by atoms with Crippen LogP contribution < -0.4 is 10.6 Å². The minimum absolute atomic E-state index is 0.0139. The maximum absolute atomic E-state index is 11.9. The number of amides is 2. The molecule has 44 heavy (non-hydrogen) atoms. The zero-order chi connectivity index (χ0) is 30.4. The largest absolute Gasteiger partial charge is 0.392 e. The number of benzene rings is 3. The molecule has 2 amide bonds. The Bertz CT molecular complexity index is 1380. The second-order valence-electron chi connectivity index (χ2n) is 11.8. The van der Waals surface area contributed by atoms with Crippen LogP contribution in [0, 0.1) is 0 Å². The summed E-state index contributed by atoms with van der Waals surface area (Å²) in [5.41, 5.74) is 6.05. The summed E-state index contributed by atoms with van der Waals surface area (Å²) >= 11 is 0. The molecule has 3 aliphatic rings. The summed E-state index contributed by atoms with van der Waals surface area (Å²) in [6.07, 6.45) is 1.78. The number of nitrogens with zero attached hydrogens (tertiary/aromatic N) is 1. The van der Waals surface area contributed by atoms with E-state index in [4.69, 9.17) is 18.9 Å². The number of hydrogen-bond acceptors (Lipinski definition) is 7. The Morgan fingerprint density at radius 2 is 1.61 bits per heavy atom. The van der Waals surface area contributed by atoms with E-state index in [0.717, 1.165) is 72.3 Å². The van der Waals surface area contributed by atoms with E-state index in [1.54, 1.807) is 0 Å². The highest BCUT2D eigenvalue weighted by atomic mass is 16.7. The van der Waals surface area contributed by atoms with Gasteiger partial charge in [-0.3, -0.25) is 0 Å². The summed E-state index contributed by atoms with van der Waals surface area (Å²) in [4.78, 5) is 14.3. The molecule has 3 heterocycles. The number of nitrogens with one attached hydrogen (secondary N) is 2. The van der Waals surface area contributed by atoms with Crippen LogP contribution in [0.5, 0.6) is 0 Å². The number of likely N-dealkylation sites (tertiary alicyclic amines) is 1. The molecule has 3 atom stereocenters. The molecule has 9 nitrogen and oxygen atoms in total. The second kappa shape index (κ2) is 14.2. The van der Waals surface area contributed by atoms with Crippen molar-refractivity contribution in [2.45, 2.75) is 63.6 Å². The Morgan fingerprint density at radius 3 is 2.34 bits per heavy atom. The molecule has 9 heteroatoms. The Balaban J connectivity index is 1.19. The van der Waals surface area contributed by atoms with Gasteiger partial charge < -0.3 is 39.6 Å². The third kappa shape index (κ3) is 7.48. The lowest BCUT2D eigenvalue weighted by molar-refractivity contribution is -0.255. The molecule has 0 saturated carbocycles. The molecule has 0 radical (unpaired) electrons. The van der Waals surface area contributed by atoms with Gasteiger partial charge in [0, 0.05) is 57.5 Å². The average Bonchev–Trinajstić information content (AvgIpc) is 3.53. The molecule has 3 aromatic rings. The van der Waals surface area contributed by atoms with Crippen molar-refractivity contribution in [3.63, 3.8) is 0 Å². The quantitative estimate of drug-likeness (QED) is 0.316. The van der Waals surface area contributed by atoms with Gasteiger partial charge in [-0.15, -0.1) is 0 Å². The highest BCUT2D eigenvalue weighted by Crippen LogP contribution is 2.40. The topological polar surface area (TPSA) is 102 Å². The van der Waals surface area contributed by atoms with Crippen molar-refractivity contribution in [2.75, 3.05) is 39.4 Å². The number of ether oxygens (including phenoxy) is 4. The zero-order valence-electron chi connectivity index (χ0n) is 25.4. The van der Waals surface area contributed by atoms with Crippen LogP contribution in [-0.2, 0) is 32.1 Å². The van der Waals surface area contributed by atoms with Crippen LogP contribution in [0.3, 0.4) is 0 Å². The van der Waals surface area contributed by atoms with E-state index in [1.807, 2.05) is 49.4 Å². The van der Waals surface area contributed by atoms with Crippen molar-refractivity contribution in [3.8, 4) is 11.1 Å². The lowest BCUT2D eigenvalue weighted by Crippen LogP contribution is -2.48. The zero-order valence-corrected chi connectivity index (χ0v) is 25.4. The number of hydrogen-bond donors (Lipinski definition) is 3. The SMILES string of the molecule is CCNC(=O)NCc1cccc(-c2cccc([C@@H]3O[C@H](CN4CCC5(CC4)OCCO5)C[C@H](c4ccc(CO)cc4)O3)c2)c1. The van der Waals surface area contributed by atoms with E-state index in [0.29, 0.717) is 26.3 Å². The molecule has 0 aromatic heterocycles. The maximum atomic E-state index is 11.9. The van der Waals surface area contributed by atoms with E-state index < -0.39 is 12.1 Å². The molecule has 1 spiro atoms. The van der Waals surface area contributed by atoms with Gasteiger partial charge in [0.2, 0.25) is 0 Å². The van der Waals surface area contributed by atoms with Crippen molar-refractivity contribution in [3.05, 3.63) is 95.1 Å². The lowest BCUT2D eigenvalue weighted by Gasteiger charge is -2.41. The van der Waals surface area contributed by atoms with E-state index >= 15 is 0 Å². The van der Waals surface area contributed by atoms with Gasteiger partial charge in [-0.05, 0) is 46.9 Å². The van der Waals surface area contributed by atoms with Gasteiger partial charge in [0.25, 0.3) is 0 Å². The highest BCUT2D eigenvalue weighted by Gasteiger charge is 2.41. The fourth-order valence-electron chi connectivity index (χ4n) is 6.31. The third-order valence-corrected chi connectivity index (χ3v) is 8.72. The number of aliphatic hydroxyl groups is 1. The molecule has 0 bridgehead atoms. The van der Waals surface area contributed by atoms with E-state index in [1.165, 1.54) is 0 Å². The monoisotopic (exact) mass is 601 g/mol. The molecule has 0 aliphatic carbocycles. The smallest absolute Gasteiger partial charge is 0.315 e. The first-order chi connectivity index (χ1) is 21.5. The van der Waals surface area contributed by atoms with Gasteiger partial charge in [-0.2, -0.15) is 0 Å². The van der Waals surface area contributed by atoms with E-state index in [9.17, 15) is 9.90 Å². The summed E-state index contributed by atoms with van der Waals surface area (Å²) in [5.74, 6) is -0.401.